The number of rotatable bonds is 10. The molecule has 0 radical (unpaired) electrons. The van der Waals surface area contributed by atoms with E-state index in [1.807, 2.05) is 31.2 Å². The SMILES string of the molecule is COc1ccc(CCC(=O)OCCNC(=O)CCc2ccc(C)cc2)cc1F. The van der Waals surface area contributed by atoms with Gasteiger partial charge in [-0.05, 0) is 43.0 Å². The van der Waals surface area contributed by atoms with Gasteiger partial charge in [-0.15, -0.1) is 0 Å². The van der Waals surface area contributed by atoms with Gasteiger partial charge in [0.1, 0.15) is 6.61 Å². The molecule has 150 valence electrons. The van der Waals surface area contributed by atoms with E-state index < -0.39 is 5.82 Å². The highest BCUT2D eigenvalue weighted by atomic mass is 19.1. The Morgan fingerprint density at radius 1 is 1.00 bits per heavy atom. The third-order valence-electron chi connectivity index (χ3n) is 4.28. The van der Waals surface area contributed by atoms with Gasteiger partial charge in [0.05, 0.1) is 13.7 Å². The van der Waals surface area contributed by atoms with Crippen LogP contribution in [0.3, 0.4) is 0 Å². The first kappa shape index (κ1) is 21.4. The monoisotopic (exact) mass is 387 g/mol. The normalized spacial score (nSPS) is 10.4. The van der Waals surface area contributed by atoms with E-state index in [0.717, 1.165) is 5.56 Å². The number of nitrogens with one attached hydrogen (secondary N) is 1. The topological polar surface area (TPSA) is 64.6 Å². The van der Waals surface area contributed by atoms with E-state index in [1.54, 1.807) is 6.07 Å². The van der Waals surface area contributed by atoms with Crippen LogP contribution in [0.15, 0.2) is 42.5 Å². The van der Waals surface area contributed by atoms with E-state index >= 15 is 0 Å². The molecule has 0 atom stereocenters. The van der Waals surface area contributed by atoms with Crippen LogP contribution in [0, 0.1) is 12.7 Å². The van der Waals surface area contributed by atoms with Crippen molar-refractivity contribution in [2.45, 2.75) is 32.6 Å². The lowest BCUT2D eigenvalue weighted by Gasteiger charge is -2.08. The molecule has 0 saturated carbocycles. The molecule has 0 aliphatic carbocycles. The quantitative estimate of drug-likeness (QED) is 0.502. The Labute approximate surface area is 164 Å². The number of methoxy groups -OCH3 is 1. The summed E-state index contributed by atoms with van der Waals surface area (Å²) in [6.07, 6.45) is 1.58. The number of ether oxygens (including phenoxy) is 2. The fourth-order valence-electron chi connectivity index (χ4n) is 2.64. The zero-order chi connectivity index (χ0) is 20.4. The van der Waals surface area contributed by atoms with Crippen LogP contribution in [0.2, 0.25) is 0 Å². The van der Waals surface area contributed by atoms with Crippen LogP contribution < -0.4 is 10.1 Å². The minimum absolute atomic E-state index is 0.0784. The van der Waals surface area contributed by atoms with Gasteiger partial charge < -0.3 is 14.8 Å². The van der Waals surface area contributed by atoms with Crippen LogP contribution in [-0.4, -0.2) is 32.1 Å². The molecule has 0 saturated heterocycles. The van der Waals surface area contributed by atoms with Gasteiger partial charge in [-0.1, -0.05) is 35.9 Å². The molecule has 28 heavy (non-hydrogen) atoms. The van der Waals surface area contributed by atoms with Crippen molar-refractivity contribution in [3.05, 3.63) is 65.0 Å². The smallest absolute Gasteiger partial charge is 0.306 e. The molecule has 1 N–H and O–H groups in total. The molecule has 2 aromatic carbocycles. The van der Waals surface area contributed by atoms with Crippen LogP contribution in [-0.2, 0) is 27.2 Å². The first-order valence-electron chi connectivity index (χ1n) is 9.28. The van der Waals surface area contributed by atoms with Gasteiger partial charge in [0, 0.05) is 12.8 Å². The Bertz CT molecular complexity index is 790. The molecule has 1 amide bonds. The molecule has 6 heteroatoms. The average molecular weight is 387 g/mol. The fourth-order valence-corrected chi connectivity index (χ4v) is 2.64. The second kappa shape index (κ2) is 11.1. The van der Waals surface area contributed by atoms with E-state index in [2.05, 4.69) is 5.32 Å². The summed E-state index contributed by atoms with van der Waals surface area (Å²) >= 11 is 0. The molecule has 0 aliphatic rings. The lowest BCUT2D eigenvalue weighted by Crippen LogP contribution is -2.28. The molecule has 0 aromatic heterocycles. The number of esters is 1. The Balaban J connectivity index is 1.58. The molecular weight excluding hydrogens is 361 g/mol. The van der Waals surface area contributed by atoms with Crippen molar-refractivity contribution in [1.29, 1.82) is 0 Å². The van der Waals surface area contributed by atoms with Crippen molar-refractivity contribution in [3.8, 4) is 5.75 Å². The highest BCUT2D eigenvalue weighted by Gasteiger charge is 2.08. The number of carbonyl (C=O) groups is 2. The van der Waals surface area contributed by atoms with E-state index in [9.17, 15) is 14.0 Å². The van der Waals surface area contributed by atoms with Crippen molar-refractivity contribution < 1.29 is 23.5 Å². The average Bonchev–Trinajstić information content (AvgIpc) is 2.69. The standard InChI is InChI=1S/C22H26FNO4/c1-16-3-5-17(6-4-16)8-11-21(25)24-13-14-28-22(26)12-9-18-7-10-20(27-2)19(23)15-18/h3-7,10,15H,8-9,11-14H2,1-2H3,(H,24,25). The van der Waals surface area contributed by atoms with Gasteiger partial charge in [0.2, 0.25) is 5.91 Å². The summed E-state index contributed by atoms with van der Waals surface area (Å²) in [5.41, 5.74) is 2.99. The number of hydrogen-bond donors (Lipinski definition) is 1. The number of amides is 1. The largest absolute Gasteiger partial charge is 0.494 e. The summed E-state index contributed by atoms with van der Waals surface area (Å²) in [5.74, 6) is -0.748. The maximum Gasteiger partial charge on any atom is 0.306 e. The number of hydrogen-bond acceptors (Lipinski definition) is 4. The zero-order valence-electron chi connectivity index (χ0n) is 16.3. The van der Waals surface area contributed by atoms with Crippen LogP contribution in [0.25, 0.3) is 0 Å². The molecule has 0 heterocycles. The number of aryl methyl sites for hydroxylation is 3. The fraction of sp³-hybridized carbons (Fsp3) is 0.364. The number of benzene rings is 2. The zero-order valence-corrected chi connectivity index (χ0v) is 16.3. The number of halogens is 1. The minimum Gasteiger partial charge on any atom is -0.494 e. The second-order valence-corrected chi connectivity index (χ2v) is 6.52. The highest BCUT2D eigenvalue weighted by Crippen LogP contribution is 2.18. The third kappa shape index (κ3) is 7.39. The first-order chi connectivity index (χ1) is 13.5. The summed E-state index contributed by atoms with van der Waals surface area (Å²) in [4.78, 5) is 23.6. The molecular formula is C22H26FNO4. The van der Waals surface area contributed by atoms with Crippen molar-refractivity contribution in [1.82, 2.24) is 5.32 Å². The van der Waals surface area contributed by atoms with Crippen molar-refractivity contribution in [2.75, 3.05) is 20.3 Å². The van der Waals surface area contributed by atoms with Crippen LogP contribution >= 0.6 is 0 Å². The summed E-state index contributed by atoms with van der Waals surface area (Å²) in [7, 11) is 1.40. The summed E-state index contributed by atoms with van der Waals surface area (Å²) < 4.78 is 23.6. The Morgan fingerprint density at radius 2 is 1.68 bits per heavy atom. The van der Waals surface area contributed by atoms with Crippen LogP contribution in [0.4, 0.5) is 4.39 Å². The van der Waals surface area contributed by atoms with Crippen molar-refractivity contribution in [2.24, 2.45) is 0 Å². The maximum atomic E-state index is 13.6. The Kier molecular flexibility index (Phi) is 8.46. The van der Waals surface area contributed by atoms with E-state index in [-0.39, 0.29) is 37.2 Å². The molecule has 0 fully saturated rings. The van der Waals surface area contributed by atoms with Gasteiger partial charge in [0.15, 0.2) is 11.6 Å². The molecule has 5 nitrogen and oxygen atoms in total. The van der Waals surface area contributed by atoms with Crippen LogP contribution in [0.5, 0.6) is 5.75 Å². The molecule has 0 bridgehead atoms. The molecule has 0 aliphatic heterocycles. The lowest BCUT2D eigenvalue weighted by molar-refractivity contribution is -0.143. The van der Waals surface area contributed by atoms with Crippen LogP contribution in [0.1, 0.15) is 29.5 Å². The predicted molar refractivity (Wildman–Crippen MR) is 105 cm³/mol. The van der Waals surface area contributed by atoms with Gasteiger partial charge in [-0.25, -0.2) is 4.39 Å². The van der Waals surface area contributed by atoms with Crippen molar-refractivity contribution >= 4 is 11.9 Å². The van der Waals surface area contributed by atoms with Gasteiger partial charge in [0.25, 0.3) is 0 Å². The minimum atomic E-state index is -0.457. The van der Waals surface area contributed by atoms with E-state index in [1.165, 1.54) is 24.8 Å². The summed E-state index contributed by atoms with van der Waals surface area (Å²) in [5, 5.41) is 2.73. The molecule has 0 unspecified atom stereocenters. The van der Waals surface area contributed by atoms with Gasteiger partial charge in [-0.3, -0.25) is 9.59 Å². The summed E-state index contributed by atoms with van der Waals surface area (Å²) in [6, 6.07) is 12.7. The number of carbonyl (C=O) groups excluding carboxylic acids is 2. The Morgan fingerprint density at radius 3 is 2.36 bits per heavy atom. The lowest BCUT2D eigenvalue weighted by atomic mass is 10.1. The first-order valence-corrected chi connectivity index (χ1v) is 9.28. The van der Waals surface area contributed by atoms with E-state index in [0.29, 0.717) is 24.8 Å². The maximum absolute atomic E-state index is 13.6. The third-order valence-corrected chi connectivity index (χ3v) is 4.28. The molecule has 0 spiro atoms. The second-order valence-electron chi connectivity index (χ2n) is 6.52. The van der Waals surface area contributed by atoms with E-state index in [4.69, 9.17) is 9.47 Å². The summed E-state index contributed by atoms with van der Waals surface area (Å²) in [6.45, 7) is 2.41. The van der Waals surface area contributed by atoms with Gasteiger partial charge >= 0.3 is 5.97 Å². The molecule has 2 rings (SSSR count). The molecule has 2 aromatic rings. The highest BCUT2D eigenvalue weighted by molar-refractivity contribution is 5.76. The Hall–Kier alpha value is -2.89. The van der Waals surface area contributed by atoms with Crippen molar-refractivity contribution in [3.63, 3.8) is 0 Å². The van der Waals surface area contributed by atoms with Gasteiger partial charge in [-0.2, -0.15) is 0 Å². The predicted octanol–water partition coefficient (Wildman–Crippen LogP) is 3.37.